The molecule has 32 heavy (non-hydrogen) atoms. The molecule has 6 nitrogen and oxygen atoms in total. The van der Waals surface area contributed by atoms with E-state index in [0.717, 1.165) is 10.3 Å². The van der Waals surface area contributed by atoms with Crippen molar-refractivity contribution in [3.63, 3.8) is 0 Å². The smallest absolute Gasteiger partial charge is 0.279 e. The number of fused-ring (bicyclic) bond motifs is 1. The summed E-state index contributed by atoms with van der Waals surface area (Å²) in [6, 6.07) is 16.0. The highest BCUT2D eigenvalue weighted by Gasteiger charge is 2.15. The summed E-state index contributed by atoms with van der Waals surface area (Å²) in [4.78, 5) is 17.5. The van der Waals surface area contributed by atoms with E-state index in [9.17, 15) is 13.2 Å². The van der Waals surface area contributed by atoms with Crippen LogP contribution in [0.2, 0.25) is 10.0 Å². The Morgan fingerprint density at radius 3 is 2.22 bits per heavy atom. The number of benzene rings is 3. The quantitative estimate of drug-likeness (QED) is 0.403. The van der Waals surface area contributed by atoms with E-state index in [4.69, 9.17) is 23.2 Å². The Balaban J connectivity index is 1.60. The number of thiazole rings is 1. The molecule has 1 N–H and O–H groups in total. The third-order valence-electron chi connectivity index (χ3n) is 4.76. The predicted octanol–water partition coefficient (Wildman–Crippen LogP) is 5.40. The first-order valence-corrected chi connectivity index (χ1v) is 12.4. The molecule has 10 heteroatoms. The number of nitrogens with one attached hydrogen (secondary N) is 1. The number of amides is 1. The zero-order valence-corrected chi connectivity index (χ0v) is 20.1. The van der Waals surface area contributed by atoms with Gasteiger partial charge in [0.15, 0.2) is 4.80 Å². The lowest BCUT2D eigenvalue weighted by Crippen LogP contribution is -2.14. The highest BCUT2D eigenvalue weighted by Crippen LogP contribution is 2.31. The van der Waals surface area contributed by atoms with Crippen molar-refractivity contribution in [1.29, 1.82) is 0 Å². The first kappa shape index (κ1) is 22.5. The van der Waals surface area contributed by atoms with Crippen molar-refractivity contribution in [3.05, 3.63) is 86.6 Å². The van der Waals surface area contributed by atoms with Gasteiger partial charge in [-0.15, -0.1) is 0 Å². The fourth-order valence-electron chi connectivity index (χ4n) is 3.05. The molecule has 0 atom stereocenters. The largest absolute Gasteiger partial charge is 0.318 e. The normalized spacial score (nSPS) is 12.3. The number of anilines is 1. The van der Waals surface area contributed by atoms with E-state index in [1.165, 1.54) is 47.7 Å². The SMILES string of the molecule is Cc1ccc(S(=O)(=O)Nc2ccc(C(=O)N=c3sc4c(Cl)ccc(Cl)c4n3C)cc2)cc1. The second-order valence-corrected chi connectivity index (χ2v) is 10.5. The highest BCUT2D eigenvalue weighted by atomic mass is 35.5. The van der Waals surface area contributed by atoms with Crippen molar-refractivity contribution >= 4 is 66.4 Å². The zero-order valence-electron chi connectivity index (χ0n) is 17.0. The van der Waals surface area contributed by atoms with Gasteiger partial charge in [0.1, 0.15) is 0 Å². The number of aromatic nitrogens is 1. The second-order valence-electron chi connectivity index (χ2n) is 7.06. The van der Waals surface area contributed by atoms with Crippen molar-refractivity contribution in [1.82, 2.24) is 4.57 Å². The lowest BCUT2D eigenvalue weighted by Gasteiger charge is -2.08. The van der Waals surface area contributed by atoms with Gasteiger partial charge in [0.05, 0.1) is 25.2 Å². The van der Waals surface area contributed by atoms with Gasteiger partial charge in [0, 0.05) is 18.3 Å². The molecule has 164 valence electrons. The number of aryl methyl sites for hydroxylation is 2. The predicted molar refractivity (Wildman–Crippen MR) is 129 cm³/mol. The minimum Gasteiger partial charge on any atom is -0.318 e. The molecule has 0 spiro atoms. The summed E-state index contributed by atoms with van der Waals surface area (Å²) in [7, 11) is -1.97. The molecule has 1 amide bonds. The van der Waals surface area contributed by atoms with Crippen LogP contribution in [0.3, 0.4) is 0 Å². The standard InChI is InChI=1S/C22H17Cl2N3O3S2/c1-13-3-9-16(10-4-13)32(29,30)26-15-7-5-14(6-8-15)21(28)25-22-27(2)19-17(23)11-12-18(24)20(19)31-22/h3-12,26H,1-2H3. The second kappa shape index (κ2) is 8.71. The number of carbonyl (C=O) groups is 1. The van der Waals surface area contributed by atoms with Crippen LogP contribution in [0.1, 0.15) is 15.9 Å². The summed E-state index contributed by atoms with van der Waals surface area (Å²) in [5.41, 5.74) is 2.33. The Labute approximate surface area is 198 Å². The van der Waals surface area contributed by atoms with Gasteiger partial charge in [-0.3, -0.25) is 9.52 Å². The molecule has 0 bridgehead atoms. The van der Waals surface area contributed by atoms with E-state index in [-0.39, 0.29) is 4.90 Å². The van der Waals surface area contributed by atoms with E-state index < -0.39 is 15.9 Å². The fraction of sp³-hybridized carbons (Fsp3) is 0.0909. The summed E-state index contributed by atoms with van der Waals surface area (Å²) < 4.78 is 30.0. The molecule has 3 aromatic carbocycles. The first-order chi connectivity index (χ1) is 15.2. The summed E-state index contributed by atoms with van der Waals surface area (Å²) in [5.74, 6) is -0.465. The number of rotatable bonds is 4. The van der Waals surface area contributed by atoms with Gasteiger partial charge in [-0.05, 0) is 55.5 Å². The lowest BCUT2D eigenvalue weighted by molar-refractivity contribution is 0.0998. The molecular formula is C22H17Cl2N3O3S2. The highest BCUT2D eigenvalue weighted by molar-refractivity contribution is 7.92. The minimum atomic E-state index is -3.73. The molecular weight excluding hydrogens is 489 g/mol. The third kappa shape index (κ3) is 4.45. The van der Waals surface area contributed by atoms with E-state index in [2.05, 4.69) is 9.71 Å². The van der Waals surface area contributed by atoms with Crippen molar-refractivity contribution < 1.29 is 13.2 Å². The van der Waals surface area contributed by atoms with E-state index in [0.29, 0.717) is 31.6 Å². The van der Waals surface area contributed by atoms with Crippen LogP contribution in [0.25, 0.3) is 10.2 Å². The number of nitrogens with zero attached hydrogens (tertiary/aromatic N) is 2. The Hall–Kier alpha value is -2.65. The molecule has 0 saturated heterocycles. The van der Waals surface area contributed by atoms with Gasteiger partial charge < -0.3 is 4.57 Å². The maximum absolute atomic E-state index is 12.7. The molecule has 4 aromatic rings. The molecule has 0 radical (unpaired) electrons. The van der Waals surface area contributed by atoms with Crippen LogP contribution in [0.5, 0.6) is 0 Å². The van der Waals surface area contributed by atoms with Gasteiger partial charge in [-0.25, -0.2) is 8.42 Å². The van der Waals surface area contributed by atoms with Crippen LogP contribution >= 0.6 is 34.5 Å². The van der Waals surface area contributed by atoms with Gasteiger partial charge in [0.2, 0.25) is 0 Å². The van der Waals surface area contributed by atoms with Gasteiger partial charge in [-0.2, -0.15) is 4.99 Å². The minimum absolute atomic E-state index is 0.160. The molecule has 1 heterocycles. The number of hydrogen-bond donors (Lipinski definition) is 1. The average molecular weight is 506 g/mol. The van der Waals surface area contributed by atoms with Crippen LogP contribution < -0.4 is 9.52 Å². The van der Waals surface area contributed by atoms with Gasteiger partial charge in [0.25, 0.3) is 15.9 Å². The van der Waals surface area contributed by atoms with Crippen molar-refractivity contribution in [3.8, 4) is 0 Å². The van der Waals surface area contributed by atoms with Crippen LogP contribution in [0.15, 0.2) is 70.6 Å². The zero-order chi connectivity index (χ0) is 23.0. The molecule has 0 unspecified atom stereocenters. The van der Waals surface area contributed by atoms with Crippen molar-refractivity contribution in [2.45, 2.75) is 11.8 Å². The summed E-state index contributed by atoms with van der Waals surface area (Å²) in [6.45, 7) is 1.88. The van der Waals surface area contributed by atoms with E-state index in [1.54, 1.807) is 35.9 Å². The van der Waals surface area contributed by atoms with Crippen LogP contribution in [0, 0.1) is 6.92 Å². The Bertz CT molecular complexity index is 1510. The molecule has 0 aliphatic heterocycles. The molecule has 0 fully saturated rings. The first-order valence-electron chi connectivity index (χ1n) is 9.38. The Morgan fingerprint density at radius 2 is 1.59 bits per heavy atom. The van der Waals surface area contributed by atoms with Crippen LogP contribution in [0.4, 0.5) is 5.69 Å². The van der Waals surface area contributed by atoms with Gasteiger partial charge >= 0.3 is 0 Å². The van der Waals surface area contributed by atoms with Gasteiger partial charge in [-0.1, -0.05) is 52.2 Å². The van der Waals surface area contributed by atoms with Crippen LogP contribution in [-0.2, 0) is 17.1 Å². The summed E-state index contributed by atoms with van der Waals surface area (Å²) >= 11 is 13.8. The fourth-order valence-corrected chi connectivity index (χ4v) is 5.76. The lowest BCUT2D eigenvalue weighted by atomic mass is 10.2. The van der Waals surface area contributed by atoms with Crippen molar-refractivity contribution in [2.24, 2.45) is 12.0 Å². The Kier molecular flexibility index (Phi) is 6.13. The summed E-state index contributed by atoms with van der Waals surface area (Å²) in [6.07, 6.45) is 0. The molecule has 0 aliphatic carbocycles. The topological polar surface area (TPSA) is 80.5 Å². The molecule has 0 saturated carbocycles. The number of halogens is 2. The third-order valence-corrected chi connectivity index (χ3v) is 8.06. The number of sulfonamides is 1. The number of hydrogen-bond acceptors (Lipinski definition) is 4. The monoisotopic (exact) mass is 505 g/mol. The number of carbonyl (C=O) groups excluding carboxylic acids is 1. The summed E-state index contributed by atoms with van der Waals surface area (Å²) in [5, 5.41) is 1.05. The van der Waals surface area contributed by atoms with E-state index in [1.807, 2.05) is 6.92 Å². The molecule has 0 aliphatic rings. The Morgan fingerprint density at radius 1 is 0.969 bits per heavy atom. The molecule has 1 aromatic heterocycles. The van der Waals surface area contributed by atoms with E-state index >= 15 is 0 Å². The maximum Gasteiger partial charge on any atom is 0.279 e. The van der Waals surface area contributed by atoms with Crippen LogP contribution in [-0.4, -0.2) is 18.9 Å². The maximum atomic E-state index is 12.7. The molecule has 4 rings (SSSR count). The average Bonchev–Trinajstić information content (AvgIpc) is 3.08. The van der Waals surface area contributed by atoms with Crippen molar-refractivity contribution in [2.75, 3.05) is 4.72 Å².